The number of rotatable bonds is 3. The van der Waals surface area contributed by atoms with Crippen LogP contribution >= 0.6 is 0 Å². The van der Waals surface area contributed by atoms with Crippen LogP contribution in [0, 0.1) is 12.7 Å². The number of benzene rings is 1. The number of aromatic amines is 1. The van der Waals surface area contributed by atoms with E-state index in [9.17, 15) is 14.0 Å². The molecule has 1 aliphatic carbocycles. The lowest BCUT2D eigenvalue weighted by molar-refractivity contribution is -0.142. The minimum atomic E-state index is -0.763. The lowest BCUT2D eigenvalue weighted by Gasteiger charge is -2.35. The van der Waals surface area contributed by atoms with Gasteiger partial charge in [0, 0.05) is 23.9 Å². The molecule has 2 heterocycles. The molecule has 1 saturated carbocycles. The molecule has 2 fully saturated rings. The predicted octanol–water partition coefficient (Wildman–Crippen LogP) is 1.85. The number of aromatic nitrogens is 2. The summed E-state index contributed by atoms with van der Waals surface area (Å²) in [7, 11) is 0. The maximum Gasteiger partial charge on any atom is 0.251 e. The number of hydrogen-bond donors (Lipinski definition) is 1. The van der Waals surface area contributed by atoms with Crippen LogP contribution in [0.3, 0.4) is 0 Å². The van der Waals surface area contributed by atoms with Crippen molar-refractivity contribution >= 4 is 5.91 Å². The fourth-order valence-electron chi connectivity index (χ4n) is 3.63. The van der Waals surface area contributed by atoms with E-state index in [1.54, 1.807) is 30.0 Å². The number of nitrogens with one attached hydrogen (secondary N) is 1. The normalized spacial score (nSPS) is 21.5. The van der Waals surface area contributed by atoms with E-state index >= 15 is 0 Å². The number of H-pyrrole nitrogens is 1. The number of aryl methyl sites for hydroxylation is 1. The van der Waals surface area contributed by atoms with Gasteiger partial charge in [-0.05, 0) is 25.8 Å². The van der Waals surface area contributed by atoms with Gasteiger partial charge in [0.25, 0.3) is 5.56 Å². The Hall–Kier alpha value is -2.54. The van der Waals surface area contributed by atoms with Gasteiger partial charge in [0.2, 0.25) is 5.91 Å². The molecule has 26 heavy (non-hydrogen) atoms. The third-order valence-electron chi connectivity index (χ3n) is 5.10. The highest BCUT2D eigenvalue weighted by molar-refractivity contribution is 5.91. The molecule has 1 saturated heterocycles. The molecule has 0 bridgehead atoms. The highest BCUT2D eigenvalue weighted by Gasteiger charge is 2.54. The summed E-state index contributed by atoms with van der Waals surface area (Å²) in [6, 6.07) is 7.88. The molecule has 1 unspecified atom stereocenters. The number of ether oxygens (including phenoxy) is 1. The number of amides is 1. The molecule has 2 aliphatic rings. The second kappa shape index (κ2) is 6.32. The van der Waals surface area contributed by atoms with Crippen molar-refractivity contribution in [3.05, 3.63) is 63.6 Å². The Bertz CT molecular complexity index is 907. The first kappa shape index (κ1) is 16.9. The second-order valence-electron chi connectivity index (χ2n) is 6.94. The van der Waals surface area contributed by atoms with Gasteiger partial charge in [0.15, 0.2) is 0 Å². The molecule has 1 aromatic carbocycles. The SMILES string of the molecule is Cc1cc(=O)[nH]c(C2CN(C(=O)C3(c4ccccc4F)CC3)CCO2)n1. The maximum absolute atomic E-state index is 14.2. The summed E-state index contributed by atoms with van der Waals surface area (Å²) in [4.78, 5) is 33.6. The van der Waals surface area contributed by atoms with Crippen LogP contribution in [0.15, 0.2) is 35.1 Å². The lowest BCUT2D eigenvalue weighted by atomic mass is 9.93. The van der Waals surface area contributed by atoms with Crippen molar-refractivity contribution in [3.63, 3.8) is 0 Å². The minimum Gasteiger partial charge on any atom is -0.367 e. The van der Waals surface area contributed by atoms with Gasteiger partial charge in [-0.15, -0.1) is 0 Å². The average molecular weight is 357 g/mol. The Morgan fingerprint density at radius 1 is 1.38 bits per heavy atom. The van der Waals surface area contributed by atoms with Crippen molar-refractivity contribution in [2.24, 2.45) is 0 Å². The minimum absolute atomic E-state index is 0.0779. The van der Waals surface area contributed by atoms with Crippen molar-refractivity contribution in [1.82, 2.24) is 14.9 Å². The molecule has 1 amide bonds. The van der Waals surface area contributed by atoms with E-state index in [1.807, 2.05) is 0 Å². The van der Waals surface area contributed by atoms with E-state index in [1.165, 1.54) is 12.1 Å². The first-order valence-electron chi connectivity index (χ1n) is 8.73. The molecule has 6 nitrogen and oxygen atoms in total. The molecule has 1 atom stereocenters. The van der Waals surface area contributed by atoms with Crippen LogP contribution < -0.4 is 5.56 Å². The third kappa shape index (κ3) is 2.92. The van der Waals surface area contributed by atoms with Gasteiger partial charge in [-0.25, -0.2) is 9.37 Å². The first-order chi connectivity index (χ1) is 12.5. The summed E-state index contributed by atoms with van der Waals surface area (Å²) in [6.07, 6.45) is 0.805. The van der Waals surface area contributed by atoms with Crippen LogP contribution in [-0.4, -0.2) is 40.5 Å². The quantitative estimate of drug-likeness (QED) is 0.910. The number of halogens is 1. The van der Waals surface area contributed by atoms with Gasteiger partial charge < -0.3 is 14.6 Å². The summed E-state index contributed by atoms with van der Waals surface area (Å²) in [5.41, 5.74) is 0.0567. The summed E-state index contributed by atoms with van der Waals surface area (Å²) < 4.78 is 20.0. The molecule has 4 rings (SSSR count). The van der Waals surface area contributed by atoms with Crippen molar-refractivity contribution in [1.29, 1.82) is 0 Å². The van der Waals surface area contributed by atoms with E-state index < -0.39 is 11.5 Å². The summed E-state index contributed by atoms with van der Waals surface area (Å²) >= 11 is 0. The molecule has 1 aliphatic heterocycles. The maximum atomic E-state index is 14.2. The highest BCUT2D eigenvalue weighted by atomic mass is 19.1. The van der Waals surface area contributed by atoms with Gasteiger partial charge in [-0.2, -0.15) is 0 Å². The predicted molar refractivity (Wildman–Crippen MR) is 92.2 cm³/mol. The molecule has 0 spiro atoms. The smallest absolute Gasteiger partial charge is 0.251 e. The van der Waals surface area contributed by atoms with Crippen molar-refractivity contribution < 1.29 is 13.9 Å². The van der Waals surface area contributed by atoms with Crippen LogP contribution in [0.4, 0.5) is 4.39 Å². The van der Waals surface area contributed by atoms with Crippen LogP contribution in [0.25, 0.3) is 0 Å². The molecule has 2 aromatic rings. The topological polar surface area (TPSA) is 75.3 Å². The van der Waals surface area contributed by atoms with Crippen LogP contribution in [-0.2, 0) is 14.9 Å². The monoisotopic (exact) mass is 357 g/mol. The summed E-state index contributed by atoms with van der Waals surface area (Å²) in [6.45, 7) is 2.83. The zero-order valence-electron chi connectivity index (χ0n) is 14.5. The number of morpholine rings is 1. The van der Waals surface area contributed by atoms with E-state index in [-0.39, 0.29) is 17.3 Å². The first-order valence-corrected chi connectivity index (χ1v) is 8.73. The fraction of sp³-hybridized carbons (Fsp3) is 0.421. The Kier molecular flexibility index (Phi) is 4.11. The van der Waals surface area contributed by atoms with Gasteiger partial charge in [0.05, 0.1) is 18.6 Å². The van der Waals surface area contributed by atoms with Crippen LogP contribution in [0.2, 0.25) is 0 Å². The molecule has 136 valence electrons. The Balaban J connectivity index is 1.57. The number of carbonyl (C=O) groups excluding carboxylic acids is 1. The zero-order valence-corrected chi connectivity index (χ0v) is 14.5. The molecule has 1 aromatic heterocycles. The second-order valence-corrected chi connectivity index (χ2v) is 6.94. The number of nitrogens with zero attached hydrogens (tertiary/aromatic N) is 2. The highest BCUT2D eigenvalue weighted by Crippen LogP contribution is 2.50. The van der Waals surface area contributed by atoms with Crippen LogP contribution in [0.1, 0.15) is 36.0 Å². The van der Waals surface area contributed by atoms with Crippen molar-refractivity contribution in [2.45, 2.75) is 31.3 Å². The molecule has 1 N–H and O–H groups in total. The van der Waals surface area contributed by atoms with Gasteiger partial charge in [-0.1, -0.05) is 18.2 Å². The van der Waals surface area contributed by atoms with Gasteiger partial charge >= 0.3 is 0 Å². The Labute approximate surface area is 150 Å². The van der Waals surface area contributed by atoms with Crippen molar-refractivity contribution in [2.75, 3.05) is 19.7 Å². The molecular weight excluding hydrogens is 337 g/mol. The number of hydrogen-bond acceptors (Lipinski definition) is 4. The van der Waals surface area contributed by atoms with Crippen molar-refractivity contribution in [3.8, 4) is 0 Å². The molecular formula is C19H20FN3O3. The van der Waals surface area contributed by atoms with E-state index in [0.717, 1.165) is 0 Å². The van der Waals surface area contributed by atoms with E-state index in [4.69, 9.17) is 4.74 Å². The third-order valence-corrected chi connectivity index (χ3v) is 5.10. The lowest BCUT2D eigenvalue weighted by Crippen LogP contribution is -2.47. The van der Waals surface area contributed by atoms with Gasteiger partial charge in [0.1, 0.15) is 17.7 Å². The fourth-order valence-corrected chi connectivity index (χ4v) is 3.63. The average Bonchev–Trinajstić information content (AvgIpc) is 3.42. The largest absolute Gasteiger partial charge is 0.367 e. The summed E-state index contributed by atoms with van der Waals surface area (Å²) in [5.74, 6) is 0.00183. The Morgan fingerprint density at radius 3 is 2.85 bits per heavy atom. The molecule has 7 heteroatoms. The Morgan fingerprint density at radius 2 is 2.15 bits per heavy atom. The molecule has 0 radical (unpaired) electrons. The standard InChI is InChI=1S/C19H20FN3O3/c1-12-10-16(24)22-17(21-12)15-11-23(8-9-26-15)18(25)19(6-7-19)13-4-2-3-5-14(13)20/h2-5,10,15H,6-9,11H2,1H3,(H,21,22,24). The van der Waals surface area contributed by atoms with Gasteiger partial charge in [-0.3, -0.25) is 9.59 Å². The van der Waals surface area contributed by atoms with Crippen LogP contribution in [0.5, 0.6) is 0 Å². The number of carbonyl (C=O) groups is 1. The van der Waals surface area contributed by atoms with E-state index in [2.05, 4.69) is 9.97 Å². The zero-order chi connectivity index (χ0) is 18.3. The summed E-state index contributed by atoms with van der Waals surface area (Å²) in [5, 5.41) is 0. The van der Waals surface area contributed by atoms with E-state index in [0.29, 0.717) is 49.6 Å².